The average molecular weight is 288 g/mol. The Morgan fingerprint density at radius 2 is 2.00 bits per heavy atom. The molecule has 0 saturated carbocycles. The highest BCUT2D eigenvalue weighted by Crippen LogP contribution is 2.17. The fourth-order valence-corrected chi connectivity index (χ4v) is 1.96. The van der Waals surface area contributed by atoms with Crippen molar-refractivity contribution in [1.82, 2.24) is 4.90 Å². The summed E-state index contributed by atoms with van der Waals surface area (Å²) in [5.41, 5.74) is 1.95. The third-order valence-electron chi connectivity index (χ3n) is 2.95. The molecule has 0 saturated heterocycles. The van der Waals surface area contributed by atoms with Crippen LogP contribution in [-0.2, 0) is 6.54 Å². The van der Waals surface area contributed by atoms with E-state index in [-0.39, 0.29) is 11.7 Å². The lowest BCUT2D eigenvalue weighted by molar-refractivity contribution is 0.0827. The first kappa shape index (κ1) is 14.8. The quantitative estimate of drug-likeness (QED) is 0.909. The highest BCUT2D eigenvalue weighted by molar-refractivity contribution is 5.94. The van der Waals surface area contributed by atoms with E-state index >= 15 is 0 Å². The van der Waals surface area contributed by atoms with Crippen molar-refractivity contribution >= 4 is 11.6 Å². The number of carbonyl (C=O) groups excluding carboxylic acids is 1. The number of nitrogens with one attached hydrogen (secondary N) is 1. The van der Waals surface area contributed by atoms with E-state index in [4.69, 9.17) is 0 Å². The van der Waals surface area contributed by atoms with E-state index in [1.165, 1.54) is 17.0 Å². The molecule has 0 radical (unpaired) electrons. The Hall–Kier alpha value is -2.56. The molecule has 0 spiro atoms. The predicted molar refractivity (Wildman–Crippen MR) is 79.9 cm³/mol. The average Bonchev–Trinajstić information content (AvgIpc) is 2.43. The molecule has 0 aliphatic heterocycles. The van der Waals surface area contributed by atoms with E-state index in [1.807, 2.05) is 6.07 Å². The number of halogens is 1. The number of rotatable bonds is 4. The zero-order valence-corrected chi connectivity index (χ0v) is 11.9. The van der Waals surface area contributed by atoms with Crippen molar-refractivity contribution in [3.8, 4) is 5.75 Å². The Morgan fingerprint density at radius 1 is 1.24 bits per heavy atom. The second-order valence-electron chi connectivity index (χ2n) is 4.95. The third kappa shape index (κ3) is 3.95. The van der Waals surface area contributed by atoms with Crippen LogP contribution in [0.4, 0.5) is 10.1 Å². The van der Waals surface area contributed by atoms with Crippen LogP contribution in [0.5, 0.6) is 5.75 Å². The van der Waals surface area contributed by atoms with Gasteiger partial charge < -0.3 is 15.3 Å². The normalized spacial score (nSPS) is 10.2. The van der Waals surface area contributed by atoms with Gasteiger partial charge in [0.05, 0.1) is 0 Å². The number of amides is 1. The second-order valence-corrected chi connectivity index (χ2v) is 4.95. The van der Waals surface area contributed by atoms with Crippen molar-refractivity contribution < 1.29 is 14.3 Å². The fraction of sp³-hybridized carbons (Fsp3) is 0.188. The topological polar surface area (TPSA) is 52.6 Å². The first-order chi connectivity index (χ1) is 9.95. The SMILES string of the molecule is CN(C)C(=O)c1cccc(NCc2cc(O)cc(F)c2)c1. The van der Waals surface area contributed by atoms with Crippen molar-refractivity contribution in [3.63, 3.8) is 0 Å². The summed E-state index contributed by atoms with van der Waals surface area (Å²) in [6.45, 7) is 0.352. The zero-order valence-electron chi connectivity index (χ0n) is 11.9. The van der Waals surface area contributed by atoms with Gasteiger partial charge in [0.1, 0.15) is 11.6 Å². The highest BCUT2D eigenvalue weighted by atomic mass is 19.1. The van der Waals surface area contributed by atoms with Crippen LogP contribution in [0.3, 0.4) is 0 Å². The van der Waals surface area contributed by atoms with Crippen LogP contribution in [0.25, 0.3) is 0 Å². The second kappa shape index (κ2) is 6.26. The predicted octanol–water partition coefficient (Wildman–Crippen LogP) is 2.85. The molecule has 0 aliphatic rings. The minimum atomic E-state index is -0.483. The largest absolute Gasteiger partial charge is 0.508 e. The van der Waals surface area contributed by atoms with E-state index in [9.17, 15) is 14.3 Å². The lowest BCUT2D eigenvalue weighted by atomic mass is 10.1. The molecule has 110 valence electrons. The van der Waals surface area contributed by atoms with E-state index in [0.29, 0.717) is 17.7 Å². The maximum absolute atomic E-state index is 13.2. The Labute approximate surface area is 122 Å². The highest BCUT2D eigenvalue weighted by Gasteiger charge is 2.08. The van der Waals surface area contributed by atoms with Crippen LogP contribution in [0.1, 0.15) is 15.9 Å². The number of nitrogens with zero attached hydrogens (tertiary/aromatic N) is 1. The number of phenols is 1. The summed E-state index contributed by atoms with van der Waals surface area (Å²) in [6.07, 6.45) is 0. The molecule has 2 aromatic rings. The lowest BCUT2D eigenvalue weighted by Gasteiger charge is -2.12. The maximum atomic E-state index is 13.2. The van der Waals surface area contributed by atoms with Gasteiger partial charge in [0.2, 0.25) is 0 Å². The van der Waals surface area contributed by atoms with Gasteiger partial charge in [0.25, 0.3) is 5.91 Å². The summed E-state index contributed by atoms with van der Waals surface area (Å²) in [6, 6.07) is 11.0. The van der Waals surface area contributed by atoms with Crippen molar-refractivity contribution in [2.24, 2.45) is 0 Å². The molecule has 1 amide bonds. The standard InChI is InChI=1S/C16H17FN2O2/c1-19(2)16(21)12-4-3-5-14(8-12)18-10-11-6-13(17)9-15(20)7-11/h3-9,18,20H,10H2,1-2H3. The number of hydrogen-bond acceptors (Lipinski definition) is 3. The molecule has 2 aromatic carbocycles. The smallest absolute Gasteiger partial charge is 0.253 e. The molecule has 0 unspecified atom stereocenters. The lowest BCUT2D eigenvalue weighted by Crippen LogP contribution is -2.21. The van der Waals surface area contributed by atoms with Crippen molar-refractivity contribution in [2.75, 3.05) is 19.4 Å². The Bertz CT molecular complexity index is 636. The number of benzene rings is 2. The van der Waals surface area contributed by atoms with Gasteiger partial charge >= 0.3 is 0 Å². The van der Waals surface area contributed by atoms with Gasteiger partial charge in [-0.15, -0.1) is 0 Å². The fourth-order valence-electron chi connectivity index (χ4n) is 1.96. The molecule has 4 nitrogen and oxygen atoms in total. The summed E-state index contributed by atoms with van der Waals surface area (Å²) in [7, 11) is 3.38. The first-order valence-electron chi connectivity index (χ1n) is 6.50. The van der Waals surface area contributed by atoms with Crippen molar-refractivity contribution in [1.29, 1.82) is 0 Å². The molecule has 0 heterocycles. The summed E-state index contributed by atoms with van der Waals surface area (Å²) in [5, 5.41) is 12.5. The molecule has 2 rings (SSSR count). The van der Waals surface area contributed by atoms with E-state index in [1.54, 1.807) is 32.3 Å². The molecular formula is C16H17FN2O2. The summed E-state index contributed by atoms with van der Waals surface area (Å²) in [4.78, 5) is 13.4. The van der Waals surface area contributed by atoms with Crippen molar-refractivity contribution in [2.45, 2.75) is 6.54 Å². The Balaban J connectivity index is 2.10. The van der Waals surface area contributed by atoms with Gasteiger partial charge in [-0.25, -0.2) is 4.39 Å². The summed E-state index contributed by atoms with van der Waals surface area (Å²) in [5.74, 6) is -0.672. The molecule has 0 aliphatic carbocycles. The third-order valence-corrected chi connectivity index (χ3v) is 2.95. The van der Waals surface area contributed by atoms with E-state index in [0.717, 1.165) is 11.8 Å². The van der Waals surface area contributed by atoms with Crippen LogP contribution >= 0.6 is 0 Å². The van der Waals surface area contributed by atoms with Crippen LogP contribution < -0.4 is 5.32 Å². The minimum Gasteiger partial charge on any atom is -0.508 e. The van der Waals surface area contributed by atoms with Gasteiger partial charge in [-0.1, -0.05) is 6.07 Å². The first-order valence-corrected chi connectivity index (χ1v) is 6.50. The maximum Gasteiger partial charge on any atom is 0.253 e. The number of anilines is 1. The van der Waals surface area contributed by atoms with E-state index in [2.05, 4.69) is 5.32 Å². The molecular weight excluding hydrogens is 271 g/mol. The van der Waals surface area contributed by atoms with Gasteiger partial charge in [-0.2, -0.15) is 0 Å². The number of carbonyl (C=O) groups is 1. The van der Waals surface area contributed by atoms with Crippen LogP contribution in [0.2, 0.25) is 0 Å². The number of hydrogen-bond donors (Lipinski definition) is 2. The molecule has 0 bridgehead atoms. The van der Waals surface area contributed by atoms with Gasteiger partial charge in [0, 0.05) is 38.0 Å². The monoisotopic (exact) mass is 288 g/mol. The molecule has 21 heavy (non-hydrogen) atoms. The van der Waals surface area contributed by atoms with Gasteiger partial charge in [-0.3, -0.25) is 4.79 Å². The minimum absolute atomic E-state index is 0.0814. The van der Waals surface area contributed by atoms with Crippen molar-refractivity contribution in [3.05, 3.63) is 59.4 Å². The molecule has 5 heteroatoms. The summed E-state index contributed by atoms with van der Waals surface area (Å²) >= 11 is 0. The molecule has 0 aromatic heterocycles. The van der Waals surface area contributed by atoms with Crippen LogP contribution in [-0.4, -0.2) is 30.0 Å². The summed E-state index contributed by atoms with van der Waals surface area (Å²) < 4.78 is 13.2. The van der Waals surface area contributed by atoms with Crippen LogP contribution in [0, 0.1) is 5.82 Å². The van der Waals surface area contributed by atoms with Gasteiger partial charge in [0.15, 0.2) is 0 Å². The molecule has 0 fully saturated rings. The van der Waals surface area contributed by atoms with Crippen LogP contribution in [0.15, 0.2) is 42.5 Å². The Morgan fingerprint density at radius 3 is 2.67 bits per heavy atom. The number of aromatic hydroxyl groups is 1. The number of phenolic OH excluding ortho intramolecular Hbond substituents is 1. The zero-order chi connectivity index (χ0) is 15.4. The van der Waals surface area contributed by atoms with Gasteiger partial charge in [-0.05, 0) is 35.9 Å². The van der Waals surface area contributed by atoms with E-state index < -0.39 is 5.82 Å². The molecule has 0 atom stereocenters. The Kier molecular flexibility index (Phi) is 4.42. The molecule has 2 N–H and O–H groups in total.